The molecule has 1 aliphatic rings. The number of nitrogens with one attached hydrogen (secondary N) is 1. The van der Waals surface area contributed by atoms with E-state index in [0.717, 1.165) is 40.4 Å². The molecular formula is C21H34BrN3O2S. The zero-order chi connectivity index (χ0) is 20.9. The fraction of sp³-hybridized carbons (Fsp3) is 0.619. The van der Waals surface area contributed by atoms with Crippen molar-refractivity contribution in [2.75, 3.05) is 25.3 Å². The van der Waals surface area contributed by atoms with Crippen LogP contribution < -0.4 is 10.5 Å². The van der Waals surface area contributed by atoms with Gasteiger partial charge in [0.05, 0.1) is 10.5 Å². The second-order valence-electron chi connectivity index (χ2n) is 7.78. The van der Waals surface area contributed by atoms with Gasteiger partial charge in [-0.2, -0.15) is 5.06 Å². The van der Waals surface area contributed by atoms with Crippen molar-refractivity contribution in [2.45, 2.75) is 59.1 Å². The van der Waals surface area contributed by atoms with Crippen LogP contribution in [0.2, 0.25) is 0 Å². The zero-order valence-electron chi connectivity index (χ0n) is 17.9. The molecule has 0 amide bonds. The second kappa shape index (κ2) is 10.3. The minimum atomic E-state index is -0.222. The molecule has 1 unspecified atom stereocenters. The maximum absolute atomic E-state index is 6.13. The third-order valence-electron chi connectivity index (χ3n) is 4.49. The van der Waals surface area contributed by atoms with Gasteiger partial charge in [-0.25, -0.2) is 0 Å². The largest absolute Gasteiger partial charge is 0.487 e. The lowest BCUT2D eigenvalue weighted by molar-refractivity contribution is -0.170. The second-order valence-corrected chi connectivity index (χ2v) is 9.69. The van der Waals surface area contributed by atoms with Gasteiger partial charge in [0.2, 0.25) is 0 Å². The molecule has 1 atom stereocenters. The van der Waals surface area contributed by atoms with Crippen molar-refractivity contribution < 1.29 is 9.57 Å². The van der Waals surface area contributed by atoms with Gasteiger partial charge in [0.15, 0.2) is 0 Å². The van der Waals surface area contributed by atoms with Gasteiger partial charge >= 0.3 is 0 Å². The molecule has 3 rings (SSSR count). The molecule has 3 N–H and O–H groups in total. The van der Waals surface area contributed by atoms with Crippen molar-refractivity contribution in [3.05, 3.63) is 27.9 Å². The summed E-state index contributed by atoms with van der Waals surface area (Å²) in [5.74, 6) is 2.77. The summed E-state index contributed by atoms with van der Waals surface area (Å²) in [4.78, 5) is 9.62. The quantitative estimate of drug-likeness (QED) is 0.421. The monoisotopic (exact) mass is 471 g/mol. The first kappa shape index (κ1) is 23.5. The summed E-state index contributed by atoms with van der Waals surface area (Å²) in [7, 11) is 1.50. The van der Waals surface area contributed by atoms with Gasteiger partial charge in [-0.05, 0) is 87.0 Å². The number of H-pyrrole nitrogens is 1. The number of benzene rings is 1. The zero-order valence-corrected chi connectivity index (χ0v) is 20.3. The SMILES string of the molecule is CCCSCON1CCc2c([nH]c3cc(Br)c(OC(C)(C)C)cc23)C1C.CN. The lowest BCUT2D eigenvalue weighted by Gasteiger charge is -2.32. The average molecular weight is 472 g/mol. The van der Waals surface area contributed by atoms with E-state index >= 15 is 0 Å². The van der Waals surface area contributed by atoms with Gasteiger partial charge < -0.3 is 15.5 Å². The molecule has 7 heteroatoms. The normalized spacial score (nSPS) is 17.2. The predicted molar refractivity (Wildman–Crippen MR) is 124 cm³/mol. The first-order chi connectivity index (χ1) is 13.3. The molecule has 0 radical (unpaired) electrons. The Morgan fingerprint density at radius 1 is 1.32 bits per heavy atom. The van der Waals surface area contributed by atoms with Gasteiger partial charge in [-0.1, -0.05) is 6.92 Å². The predicted octanol–water partition coefficient (Wildman–Crippen LogP) is 5.63. The Bertz CT molecular complexity index is 773. The Hall–Kier alpha value is -0.730. The van der Waals surface area contributed by atoms with Crippen LogP contribution in [0.5, 0.6) is 5.75 Å². The molecule has 0 saturated carbocycles. The maximum Gasteiger partial charge on any atom is 0.135 e. The van der Waals surface area contributed by atoms with Crippen molar-refractivity contribution >= 4 is 38.6 Å². The number of nitrogens with zero attached hydrogens (tertiary/aromatic N) is 1. The minimum Gasteiger partial charge on any atom is -0.487 e. The van der Waals surface area contributed by atoms with E-state index in [1.165, 1.54) is 30.1 Å². The highest BCUT2D eigenvalue weighted by Crippen LogP contribution is 2.39. The van der Waals surface area contributed by atoms with E-state index in [-0.39, 0.29) is 11.6 Å². The van der Waals surface area contributed by atoms with Crippen LogP contribution in [0.3, 0.4) is 0 Å². The van der Waals surface area contributed by atoms with Crippen molar-refractivity contribution in [1.82, 2.24) is 10.0 Å². The van der Waals surface area contributed by atoms with Gasteiger partial charge in [-0.3, -0.25) is 4.84 Å². The van der Waals surface area contributed by atoms with Gasteiger partial charge in [0, 0.05) is 23.1 Å². The van der Waals surface area contributed by atoms with E-state index in [4.69, 9.17) is 9.57 Å². The van der Waals surface area contributed by atoms with E-state index in [2.05, 4.69) is 78.5 Å². The smallest absolute Gasteiger partial charge is 0.135 e. The highest BCUT2D eigenvalue weighted by atomic mass is 79.9. The molecule has 1 aromatic carbocycles. The molecule has 1 aromatic heterocycles. The number of rotatable bonds is 6. The number of ether oxygens (including phenoxy) is 1. The number of thioether (sulfide) groups is 1. The van der Waals surface area contributed by atoms with Gasteiger partial charge in [0.25, 0.3) is 0 Å². The van der Waals surface area contributed by atoms with Crippen LogP contribution in [0.25, 0.3) is 10.9 Å². The molecule has 5 nitrogen and oxygen atoms in total. The van der Waals surface area contributed by atoms with Crippen molar-refractivity contribution in [3.8, 4) is 5.75 Å². The number of hydrogen-bond acceptors (Lipinski definition) is 5. The number of nitrogens with two attached hydrogens (primary N) is 1. The maximum atomic E-state index is 6.13. The molecule has 2 heterocycles. The van der Waals surface area contributed by atoms with E-state index < -0.39 is 0 Å². The minimum absolute atomic E-state index is 0.221. The van der Waals surface area contributed by atoms with Crippen molar-refractivity contribution in [2.24, 2.45) is 5.73 Å². The standard InChI is InChI=1S/C20H29BrN2O2S.CH5N/c1-6-9-26-12-24-23-8-7-14-15-10-18(25-20(3,4)5)16(21)11-17(15)22-19(14)13(23)2;1-2/h10-11,13,22H,6-9,12H2,1-5H3;2H2,1H3. The highest BCUT2D eigenvalue weighted by Gasteiger charge is 2.28. The van der Waals surface area contributed by atoms with Crippen LogP contribution in [-0.4, -0.2) is 40.9 Å². The summed E-state index contributed by atoms with van der Waals surface area (Å²) < 4.78 is 7.11. The topological polar surface area (TPSA) is 63.5 Å². The molecule has 0 spiro atoms. The number of hydroxylamine groups is 2. The highest BCUT2D eigenvalue weighted by molar-refractivity contribution is 9.10. The Morgan fingerprint density at radius 3 is 2.68 bits per heavy atom. The first-order valence-corrected chi connectivity index (χ1v) is 11.8. The van der Waals surface area contributed by atoms with Crippen molar-refractivity contribution in [1.29, 1.82) is 0 Å². The fourth-order valence-corrected chi connectivity index (χ4v) is 4.39. The number of aromatic nitrogens is 1. The Kier molecular flexibility index (Phi) is 8.70. The lowest BCUT2D eigenvalue weighted by atomic mass is 10.00. The Balaban J connectivity index is 0.00000136. The number of halogens is 1. The molecule has 0 aliphatic carbocycles. The Morgan fingerprint density at radius 2 is 2.04 bits per heavy atom. The number of fused-ring (bicyclic) bond motifs is 3. The molecule has 0 saturated heterocycles. The fourth-order valence-electron chi connectivity index (χ4n) is 3.35. The van der Waals surface area contributed by atoms with Crippen LogP contribution >= 0.6 is 27.7 Å². The molecule has 0 bridgehead atoms. The first-order valence-electron chi connectivity index (χ1n) is 9.88. The lowest BCUT2D eigenvalue weighted by Crippen LogP contribution is -2.34. The van der Waals surface area contributed by atoms with E-state index in [1.807, 2.05) is 11.8 Å². The van der Waals surface area contributed by atoms with Crippen LogP contribution in [0, 0.1) is 0 Å². The van der Waals surface area contributed by atoms with E-state index in [0.29, 0.717) is 0 Å². The van der Waals surface area contributed by atoms with E-state index in [1.54, 1.807) is 0 Å². The summed E-state index contributed by atoms with van der Waals surface area (Å²) in [5.41, 5.74) is 8.07. The molecule has 158 valence electrons. The molecular weight excluding hydrogens is 438 g/mol. The summed E-state index contributed by atoms with van der Waals surface area (Å²) in [5, 5.41) is 3.37. The molecule has 1 aliphatic heterocycles. The van der Waals surface area contributed by atoms with Gasteiger partial charge in [-0.15, -0.1) is 11.8 Å². The average Bonchev–Trinajstić information content (AvgIpc) is 2.99. The third-order valence-corrected chi connectivity index (χ3v) is 6.08. The van der Waals surface area contributed by atoms with Crippen LogP contribution in [-0.2, 0) is 11.3 Å². The number of hydrogen-bond donors (Lipinski definition) is 2. The van der Waals surface area contributed by atoms with Crippen LogP contribution in [0.4, 0.5) is 0 Å². The van der Waals surface area contributed by atoms with Gasteiger partial charge in [0.1, 0.15) is 17.3 Å². The van der Waals surface area contributed by atoms with Crippen LogP contribution in [0.1, 0.15) is 58.3 Å². The Labute approximate surface area is 181 Å². The molecule has 0 fully saturated rings. The van der Waals surface area contributed by atoms with Crippen molar-refractivity contribution in [3.63, 3.8) is 0 Å². The summed E-state index contributed by atoms with van der Waals surface area (Å²) in [6.45, 7) is 11.5. The summed E-state index contributed by atoms with van der Waals surface area (Å²) >= 11 is 5.50. The molecule has 2 aromatic rings. The van der Waals surface area contributed by atoms with E-state index in [9.17, 15) is 0 Å². The molecule has 28 heavy (non-hydrogen) atoms. The van der Waals surface area contributed by atoms with Crippen LogP contribution in [0.15, 0.2) is 16.6 Å². The third kappa shape index (κ3) is 5.66. The summed E-state index contributed by atoms with van der Waals surface area (Å²) in [6.07, 6.45) is 2.16. The summed E-state index contributed by atoms with van der Waals surface area (Å²) in [6, 6.07) is 4.52. The number of aromatic amines is 1.